The molecule has 4 rings (SSSR count). The van der Waals surface area contributed by atoms with Crippen molar-refractivity contribution >= 4 is 40.5 Å². The highest BCUT2D eigenvalue weighted by Gasteiger charge is 2.40. The van der Waals surface area contributed by atoms with Gasteiger partial charge in [0.05, 0.1) is 16.2 Å². The molecule has 1 aliphatic heterocycles. The molecule has 162 valence electrons. The molecule has 0 spiro atoms. The van der Waals surface area contributed by atoms with Crippen molar-refractivity contribution in [2.24, 2.45) is 0 Å². The van der Waals surface area contributed by atoms with Crippen LogP contribution in [0.3, 0.4) is 0 Å². The summed E-state index contributed by atoms with van der Waals surface area (Å²) in [5.74, 6) is 0.0879. The van der Waals surface area contributed by atoms with E-state index >= 15 is 0 Å². The molecular weight excluding hydrogens is 416 g/mol. The van der Waals surface area contributed by atoms with E-state index in [-0.39, 0.29) is 11.8 Å². The Bertz CT molecular complexity index is 1200. The largest absolute Gasteiger partial charge is 0.378 e. The number of thioether (sulfide) groups is 1. The van der Waals surface area contributed by atoms with Crippen molar-refractivity contribution in [1.29, 1.82) is 0 Å². The number of aryl methyl sites for hydroxylation is 2. The first-order valence-corrected chi connectivity index (χ1v) is 11.5. The lowest BCUT2D eigenvalue weighted by atomic mass is 10.0. The molecule has 0 saturated carbocycles. The Morgan fingerprint density at radius 1 is 0.812 bits per heavy atom. The third kappa shape index (κ3) is 4.21. The molecule has 5 heteroatoms. The second kappa shape index (κ2) is 9.05. The number of hydrogen-bond donors (Lipinski definition) is 0. The van der Waals surface area contributed by atoms with Crippen LogP contribution in [-0.4, -0.2) is 25.9 Å². The maximum Gasteiger partial charge on any atom is 0.272 e. The molecule has 0 N–H and O–H groups in total. The van der Waals surface area contributed by atoms with E-state index < -0.39 is 0 Å². The van der Waals surface area contributed by atoms with Crippen LogP contribution in [0, 0.1) is 13.8 Å². The monoisotopic (exact) mass is 442 g/mol. The summed E-state index contributed by atoms with van der Waals surface area (Å²) in [4.78, 5) is 30.9. The number of carbonyl (C=O) groups excluding carboxylic acids is 2. The number of anilines is 2. The van der Waals surface area contributed by atoms with Crippen LogP contribution in [0.2, 0.25) is 0 Å². The normalized spacial score (nSPS) is 13.8. The average molecular weight is 443 g/mol. The van der Waals surface area contributed by atoms with Gasteiger partial charge >= 0.3 is 0 Å². The van der Waals surface area contributed by atoms with Crippen LogP contribution >= 0.6 is 11.8 Å². The number of benzene rings is 3. The molecular formula is C27H26N2O2S. The Hall–Kier alpha value is -3.31. The molecule has 0 saturated heterocycles. The third-order valence-corrected chi connectivity index (χ3v) is 6.83. The molecule has 0 fully saturated rings. The molecule has 4 nitrogen and oxygen atoms in total. The van der Waals surface area contributed by atoms with E-state index in [1.165, 1.54) is 16.7 Å². The van der Waals surface area contributed by atoms with E-state index in [1.54, 1.807) is 0 Å². The van der Waals surface area contributed by atoms with Gasteiger partial charge in [0.25, 0.3) is 11.8 Å². The van der Waals surface area contributed by atoms with Gasteiger partial charge < -0.3 is 4.90 Å². The van der Waals surface area contributed by atoms with Crippen LogP contribution < -0.4 is 9.80 Å². The number of nitrogens with zero attached hydrogens (tertiary/aromatic N) is 2. The van der Waals surface area contributed by atoms with Gasteiger partial charge in [0.1, 0.15) is 0 Å². The second-order valence-electron chi connectivity index (χ2n) is 8.13. The number of imide groups is 1. The summed E-state index contributed by atoms with van der Waals surface area (Å²) < 4.78 is 0. The summed E-state index contributed by atoms with van der Waals surface area (Å²) in [6.45, 7) is 4.06. The zero-order chi connectivity index (χ0) is 22.8. The van der Waals surface area contributed by atoms with Gasteiger partial charge in [-0.2, -0.15) is 0 Å². The van der Waals surface area contributed by atoms with Gasteiger partial charge in [-0.25, -0.2) is 4.90 Å². The van der Waals surface area contributed by atoms with Crippen LogP contribution in [-0.2, 0) is 15.3 Å². The van der Waals surface area contributed by atoms with Crippen molar-refractivity contribution in [2.75, 3.05) is 23.9 Å². The van der Waals surface area contributed by atoms with E-state index in [0.717, 1.165) is 27.9 Å². The molecule has 0 unspecified atom stereocenters. The van der Waals surface area contributed by atoms with Crippen molar-refractivity contribution in [1.82, 2.24) is 0 Å². The van der Waals surface area contributed by atoms with E-state index in [4.69, 9.17) is 0 Å². The zero-order valence-corrected chi connectivity index (χ0v) is 19.6. The Balaban J connectivity index is 1.74. The Labute approximate surface area is 193 Å². The highest BCUT2D eigenvalue weighted by Crippen LogP contribution is 2.40. The SMILES string of the molecule is Cc1ccc(C2=C(SCc3ccccc3)C(=O)N(c3ccc(N(C)C)cc3)C2=O)cc1C. The first-order valence-electron chi connectivity index (χ1n) is 10.5. The Kier molecular flexibility index (Phi) is 6.19. The summed E-state index contributed by atoms with van der Waals surface area (Å²) in [7, 11) is 3.91. The van der Waals surface area contributed by atoms with Crippen molar-refractivity contribution in [3.8, 4) is 0 Å². The molecule has 1 heterocycles. The van der Waals surface area contributed by atoms with Gasteiger partial charge in [-0.15, -0.1) is 11.8 Å². The zero-order valence-electron chi connectivity index (χ0n) is 18.8. The van der Waals surface area contributed by atoms with Gasteiger partial charge in [0, 0.05) is 25.5 Å². The summed E-state index contributed by atoms with van der Waals surface area (Å²) in [5.41, 5.74) is 6.22. The van der Waals surface area contributed by atoms with Gasteiger partial charge in [-0.05, 0) is 60.4 Å². The number of hydrogen-bond acceptors (Lipinski definition) is 4. The highest BCUT2D eigenvalue weighted by atomic mass is 32.2. The second-order valence-corrected chi connectivity index (χ2v) is 9.12. The van der Waals surface area contributed by atoms with Crippen LogP contribution in [0.25, 0.3) is 5.57 Å². The molecule has 2 amide bonds. The lowest BCUT2D eigenvalue weighted by Crippen LogP contribution is -2.31. The first-order chi connectivity index (χ1) is 15.4. The smallest absolute Gasteiger partial charge is 0.272 e. The van der Waals surface area contributed by atoms with Gasteiger partial charge in [-0.1, -0.05) is 48.5 Å². The minimum absolute atomic E-state index is 0.262. The molecule has 32 heavy (non-hydrogen) atoms. The number of rotatable bonds is 6. The summed E-state index contributed by atoms with van der Waals surface area (Å²) in [6, 6.07) is 23.4. The maximum absolute atomic E-state index is 13.6. The quantitative estimate of drug-likeness (QED) is 0.467. The Morgan fingerprint density at radius 3 is 2.12 bits per heavy atom. The molecule has 1 aliphatic rings. The summed E-state index contributed by atoms with van der Waals surface area (Å²) >= 11 is 1.43. The van der Waals surface area contributed by atoms with E-state index in [2.05, 4.69) is 0 Å². The molecule has 0 atom stereocenters. The lowest BCUT2D eigenvalue weighted by molar-refractivity contribution is -0.119. The standard InChI is InChI=1S/C27H26N2O2S/c1-18-10-11-21(16-19(18)2)24-25(32-17-20-8-6-5-7-9-20)27(31)29(26(24)30)23-14-12-22(13-15-23)28(3)4/h5-16H,17H2,1-4H3. The van der Waals surface area contributed by atoms with Crippen molar-refractivity contribution in [2.45, 2.75) is 19.6 Å². The van der Waals surface area contributed by atoms with E-state index in [0.29, 0.717) is 21.9 Å². The fraction of sp³-hybridized carbons (Fsp3) is 0.185. The van der Waals surface area contributed by atoms with Crippen LogP contribution in [0.4, 0.5) is 11.4 Å². The molecule has 3 aromatic rings. The van der Waals surface area contributed by atoms with Crippen LogP contribution in [0.5, 0.6) is 0 Å². The average Bonchev–Trinajstić information content (AvgIpc) is 3.04. The van der Waals surface area contributed by atoms with Crippen LogP contribution in [0.1, 0.15) is 22.3 Å². The topological polar surface area (TPSA) is 40.6 Å². The molecule has 0 radical (unpaired) electrons. The van der Waals surface area contributed by atoms with Gasteiger partial charge in [0.2, 0.25) is 0 Å². The van der Waals surface area contributed by atoms with Crippen molar-refractivity contribution in [3.63, 3.8) is 0 Å². The van der Waals surface area contributed by atoms with Crippen molar-refractivity contribution in [3.05, 3.63) is 100.0 Å². The molecule has 0 aliphatic carbocycles. The number of carbonyl (C=O) groups is 2. The third-order valence-electron chi connectivity index (χ3n) is 5.69. The number of amides is 2. The maximum atomic E-state index is 13.6. The molecule has 3 aromatic carbocycles. The molecule has 0 bridgehead atoms. The van der Waals surface area contributed by atoms with Gasteiger partial charge in [0.15, 0.2) is 0 Å². The Morgan fingerprint density at radius 2 is 1.50 bits per heavy atom. The van der Waals surface area contributed by atoms with E-state index in [9.17, 15) is 9.59 Å². The highest BCUT2D eigenvalue weighted by molar-refractivity contribution is 8.03. The predicted octanol–water partition coefficient (Wildman–Crippen LogP) is 5.59. The van der Waals surface area contributed by atoms with Gasteiger partial charge in [-0.3, -0.25) is 9.59 Å². The summed E-state index contributed by atoms with van der Waals surface area (Å²) in [6.07, 6.45) is 0. The first kappa shape index (κ1) is 21.9. The summed E-state index contributed by atoms with van der Waals surface area (Å²) in [5, 5.41) is 0. The predicted molar refractivity (Wildman–Crippen MR) is 134 cm³/mol. The fourth-order valence-corrected chi connectivity index (χ4v) is 4.73. The van der Waals surface area contributed by atoms with E-state index in [1.807, 2.05) is 106 Å². The minimum Gasteiger partial charge on any atom is -0.378 e. The molecule has 0 aromatic heterocycles. The minimum atomic E-state index is -0.272. The van der Waals surface area contributed by atoms with Crippen molar-refractivity contribution < 1.29 is 9.59 Å². The lowest BCUT2D eigenvalue weighted by Gasteiger charge is -2.18. The fourth-order valence-electron chi connectivity index (χ4n) is 3.66. The van der Waals surface area contributed by atoms with Crippen LogP contribution in [0.15, 0.2) is 77.7 Å².